The van der Waals surface area contributed by atoms with Crippen molar-refractivity contribution in [1.29, 1.82) is 0 Å². The van der Waals surface area contributed by atoms with Crippen LogP contribution in [0.3, 0.4) is 0 Å². The van der Waals surface area contributed by atoms with Gasteiger partial charge in [-0.25, -0.2) is 4.98 Å². The SMILES string of the molecule is C[C@@H]1CN(C(=O)CN2CCN(c3ncc(C(F)(F)F)cc3Cl)CC2)C[C@@H](C)O1. The van der Waals surface area contributed by atoms with Crippen molar-refractivity contribution in [3.63, 3.8) is 0 Å². The lowest BCUT2D eigenvalue weighted by Gasteiger charge is -2.38. The maximum Gasteiger partial charge on any atom is 0.417 e. The van der Waals surface area contributed by atoms with E-state index in [1.54, 1.807) is 0 Å². The largest absolute Gasteiger partial charge is 0.417 e. The minimum atomic E-state index is -4.47. The molecule has 2 saturated heterocycles. The summed E-state index contributed by atoms with van der Waals surface area (Å²) >= 11 is 6.03. The lowest BCUT2D eigenvalue weighted by atomic mass is 10.2. The van der Waals surface area contributed by atoms with Crippen LogP contribution in [0.5, 0.6) is 0 Å². The Bertz CT molecular complexity index is 701. The van der Waals surface area contributed by atoms with Crippen LogP contribution in [0.4, 0.5) is 19.0 Å². The molecule has 0 aromatic carbocycles. The average molecular weight is 421 g/mol. The zero-order chi connectivity index (χ0) is 20.5. The highest BCUT2D eigenvalue weighted by Crippen LogP contribution is 2.33. The normalized spacial score (nSPS) is 24.5. The minimum absolute atomic E-state index is 0.0179. The number of alkyl halides is 3. The summed E-state index contributed by atoms with van der Waals surface area (Å²) < 4.78 is 43.9. The van der Waals surface area contributed by atoms with Gasteiger partial charge < -0.3 is 14.5 Å². The quantitative estimate of drug-likeness (QED) is 0.752. The summed E-state index contributed by atoms with van der Waals surface area (Å²) in [4.78, 5) is 22.2. The number of pyridine rings is 1. The predicted molar refractivity (Wildman–Crippen MR) is 99.5 cm³/mol. The molecule has 2 aliphatic rings. The number of halogens is 4. The van der Waals surface area contributed by atoms with Gasteiger partial charge in [0.25, 0.3) is 0 Å². The molecule has 0 bridgehead atoms. The van der Waals surface area contributed by atoms with Gasteiger partial charge >= 0.3 is 6.18 Å². The van der Waals surface area contributed by atoms with Gasteiger partial charge in [0.15, 0.2) is 0 Å². The van der Waals surface area contributed by atoms with E-state index in [-0.39, 0.29) is 23.1 Å². The molecule has 6 nitrogen and oxygen atoms in total. The highest BCUT2D eigenvalue weighted by molar-refractivity contribution is 6.33. The Morgan fingerprint density at radius 1 is 1.21 bits per heavy atom. The van der Waals surface area contributed by atoms with Gasteiger partial charge in [-0.15, -0.1) is 0 Å². The Hall–Kier alpha value is -1.58. The number of anilines is 1. The van der Waals surface area contributed by atoms with Crippen LogP contribution in [0.1, 0.15) is 19.4 Å². The van der Waals surface area contributed by atoms with Crippen LogP contribution in [0.2, 0.25) is 5.02 Å². The summed E-state index contributed by atoms with van der Waals surface area (Å²) in [6.45, 7) is 7.72. The third-order valence-electron chi connectivity index (χ3n) is 4.95. The predicted octanol–water partition coefficient (Wildman–Crippen LogP) is 2.51. The summed E-state index contributed by atoms with van der Waals surface area (Å²) in [6.07, 6.45) is -3.62. The third-order valence-corrected chi connectivity index (χ3v) is 5.23. The van der Waals surface area contributed by atoms with E-state index in [1.807, 2.05) is 28.5 Å². The van der Waals surface area contributed by atoms with Crippen molar-refractivity contribution in [2.45, 2.75) is 32.2 Å². The zero-order valence-corrected chi connectivity index (χ0v) is 16.6. The van der Waals surface area contributed by atoms with E-state index in [2.05, 4.69) is 4.98 Å². The molecular weight excluding hydrogens is 397 g/mol. The Balaban J connectivity index is 1.54. The number of rotatable bonds is 3. The Morgan fingerprint density at radius 2 is 1.82 bits per heavy atom. The van der Waals surface area contributed by atoms with Gasteiger partial charge in [0.05, 0.1) is 29.3 Å². The maximum atomic E-state index is 12.8. The van der Waals surface area contributed by atoms with E-state index in [0.29, 0.717) is 51.6 Å². The molecular formula is C18H24ClF3N4O2. The molecule has 2 aliphatic heterocycles. The molecule has 2 atom stereocenters. The summed E-state index contributed by atoms with van der Waals surface area (Å²) in [5, 5.41) is -0.0179. The van der Waals surface area contributed by atoms with Crippen LogP contribution >= 0.6 is 11.6 Å². The van der Waals surface area contributed by atoms with Crippen molar-refractivity contribution >= 4 is 23.3 Å². The smallest absolute Gasteiger partial charge is 0.372 e. The van der Waals surface area contributed by atoms with Gasteiger partial charge in [0.1, 0.15) is 5.82 Å². The standard InChI is InChI=1S/C18H24ClF3N4O2/c1-12-9-26(10-13(2)28-12)16(27)11-24-3-5-25(6-4-24)17-15(19)7-14(8-23-17)18(20,21)22/h7-8,12-13H,3-6,9-11H2,1-2H3/t12-,13-/m1/s1. The molecule has 156 valence electrons. The summed E-state index contributed by atoms with van der Waals surface area (Å²) in [7, 11) is 0. The fraction of sp³-hybridized carbons (Fsp3) is 0.667. The molecule has 3 rings (SSSR count). The Kier molecular flexibility index (Phi) is 6.36. The molecule has 0 aliphatic carbocycles. The molecule has 0 spiro atoms. The van der Waals surface area contributed by atoms with Gasteiger partial charge in [-0.2, -0.15) is 13.2 Å². The van der Waals surface area contributed by atoms with Crippen LogP contribution in [0, 0.1) is 0 Å². The molecule has 3 heterocycles. The number of aromatic nitrogens is 1. The number of ether oxygens (including phenoxy) is 1. The molecule has 28 heavy (non-hydrogen) atoms. The molecule has 1 aromatic heterocycles. The number of piperazine rings is 1. The number of carbonyl (C=O) groups excluding carboxylic acids is 1. The molecule has 1 aromatic rings. The first-order valence-electron chi connectivity index (χ1n) is 9.26. The average Bonchev–Trinajstić information content (AvgIpc) is 2.61. The van der Waals surface area contributed by atoms with E-state index in [1.165, 1.54) is 0 Å². The van der Waals surface area contributed by atoms with Crippen LogP contribution in [-0.4, -0.2) is 78.7 Å². The topological polar surface area (TPSA) is 48.9 Å². The lowest BCUT2D eigenvalue weighted by molar-refractivity contribution is -0.144. The van der Waals surface area contributed by atoms with Crippen molar-refractivity contribution in [1.82, 2.24) is 14.8 Å². The van der Waals surface area contributed by atoms with Gasteiger partial charge in [0.2, 0.25) is 5.91 Å². The highest BCUT2D eigenvalue weighted by atomic mass is 35.5. The van der Waals surface area contributed by atoms with E-state index in [9.17, 15) is 18.0 Å². The van der Waals surface area contributed by atoms with Gasteiger partial charge in [-0.05, 0) is 19.9 Å². The zero-order valence-electron chi connectivity index (χ0n) is 15.9. The second kappa shape index (κ2) is 8.42. The summed E-state index contributed by atoms with van der Waals surface area (Å²) in [6, 6.07) is 0.903. The number of nitrogens with zero attached hydrogens (tertiary/aromatic N) is 4. The van der Waals surface area contributed by atoms with Crippen molar-refractivity contribution in [3.05, 3.63) is 22.8 Å². The van der Waals surface area contributed by atoms with Gasteiger partial charge in [0, 0.05) is 45.5 Å². The molecule has 2 fully saturated rings. The molecule has 0 radical (unpaired) electrons. The Labute approximate surface area is 167 Å². The second-order valence-corrected chi connectivity index (χ2v) is 7.75. The van der Waals surface area contributed by atoms with Crippen LogP contribution in [-0.2, 0) is 15.7 Å². The first kappa shape index (κ1) is 21.1. The van der Waals surface area contributed by atoms with Crippen molar-refractivity contribution < 1.29 is 22.7 Å². The van der Waals surface area contributed by atoms with Gasteiger partial charge in [-0.1, -0.05) is 11.6 Å². The number of carbonyl (C=O) groups is 1. The fourth-order valence-electron chi connectivity index (χ4n) is 3.61. The van der Waals surface area contributed by atoms with E-state index in [4.69, 9.17) is 16.3 Å². The van der Waals surface area contributed by atoms with Gasteiger partial charge in [-0.3, -0.25) is 9.69 Å². The fourth-order valence-corrected chi connectivity index (χ4v) is 3.89. The molecule has 0 unspecified atom stereocenters. The van der Waals surface area contributed by atoms with E-state index < -0.39 is 11.7 Å². The number of morpholine rings is 1. The van der Waals surface area contributed by atoms with Crippen LogP contribution < -0.4 is 4.90 Å². The monoisotopic (exact) mass is 420 g/mol. The lowest BCUT2D eigenvalue weighted by Crippen LogP contribution is -2.54. The number of hydrogen-bond acceptors (Lipinski definition) is 5. The maximum absolute atomic E-state index is 12.8. The summed E-state index contributed by atoms with van der Waals surface area (Å²) in [5.41, 5.74) is -0.862. The number of hydrogen-bond donors (Lipinski definition) is 0. The second-order valence-electron chi connectivity index (χ2n) is 7.35. The first-order valence-corrected chi connectivity index (χ1v) is 9.64. The van der Waals surface area contributed by atoms with E-state index >= 15 is 0 Å². The highest BCUT2D eigenvalue weighted by Gasteiger charge is 2.33. The summed E-state index contributed by atoms with van der Waals surface area (Å²) in [5.74, 6) is 0.414. The Morgan fingerprint density at radius 3 is 2.36 bits per heavy atom. The first-order chi connectivity index (χ1) is 13.1. The third kappa shape index (κ3) is 5.07. The van der Waals surface area contributed by atoms with E-state index in [0.717, 1.165) is 12.3 Å². The molecule has 0 N–H and O–H groups in total. The molecule has 10 heteroatoms. The van der Waals surface area contributed by atoms with Crippen LogP contribution in [0.25, 0.3) is 0 Å². The molecule has 1 amide bonds. The molecule has 0 saturated carbocycles. The van der Waals surface area contributed by atoms with Crippen molar-refractivity contribution in [2.24, 2.45) is 0 Å². The van der Waals surface area contributed by atoms with Crippen LogP contribution in [0.15, 0.2) is 12.3 Å². The van der Waals surface area contributed by atoms with Crippen molar-refractivity contribution in [2.75, 3.05) is 50.7 Å². The minimum Gasteiger partial charge on any atom is -0.372 e. The number of amides is 1. The van der Waals surface area contributed by atoms with Crippen molar-refractivity contribution in [3.8, 4) is 0 Å².